The van der Waals surface area contributed by atoms with Crippen LogP contribution in [0.2, 0.25) is 0 Å². The topological polar surface area (TPSA) is 59.1 Å². The van der Waals surface area contributed by atoms with E-state index in [1.165, 1.54) is 11.0 Å². The number of benzene rings is 1. The number of nitrogens with zero attached hydrogens (tertiary/aromatic N) is 3. The fraction of sp³-hybridized carbons (Fsp3) is 0.632. The second-order valence-corrected chi connectivity index (χ2v) is 7.67. The zero-order valence-electron chi connectivity index (χ0n) is 15.2. The summed E-state index contributed by atoms with van der Waals surface area (Å²) in [6.07, 6.45) is -3.58. The Labute approximate surface area is 157 Å². The lowest BCUT2D eigenvalue weighted by Gasteiger charge is -2.32. The molecule has 2 unspecified atom stereocenters. The van der Waals surface area contributed by atoms with Crippen LogP contribution in [0.25, 0.3) is 0 Å². The van der Waals surface area contributed by atoms with Gasteiger partial charge in [-0.25, -0.2) is 8.78 Å². The van der Waals surface area contributed by atoms with Gasteiger partial charge in [-0.1, -0.05) is 12.1 Å². The largest absolute Gasteiger partial charge is 0.530 e. The molecule has 3 fully saturated rings. The number of morpholine rings is 1. The quantitative estimate of drug-likeness (QED) is 0.785. The van der Waals surface area contributed by atoms with Gasteiger partial charge in [0.1, 0.15) is 6.09 Å². The van der Waals surface area contributed by atoms with Crippen LogP contribution in [0.4, 0.5) is 19.3 Å². The smallest absolute Gasteiger partial charge is 0.263 e. The number of hydrogen-bond donors (Lipinski definition) is 0. The van der Waals surface area contributed by atoms with Gasteiger partial charge in [0.25, 0.3) is 6.43 Å². The number of carbonyl (C=O) groups excluding carboxylic acids is 1. The van der Waals surface area contributed by atoms with E-state index in [-0.39, 0.29) is 5.56 Å². The van der Waals surface area contributed by atoms with E-state index in [0.29, 0.717) is 57.8 Å². The molecule has 3 aliphatic rings. The molecule has 3 heterocycles. The maximum atomic E-state index is 13.2. The van der Waals surface area contributed by atoms with Crippen molar-refractivity contribution in [3.8, 4) is 0 Å². The van der Waals surface area contributed by atoms with E-state index in [9.17, 15) is 18.7 Å². The number of fused-ring (bicyclic) bond motifs is 1. The zero-order valence-corrected chi connectivity index (χ0v) is 15.2. The first-order valence-corrected chi connectivity index (χ1v) is 9.43. The van der Waals surface area contributed by atoms with Crippen LogP contribution in [0.3, 0.4) is 0 Å². The highest BCUT2D eigenvalue weighted by molar-refractivity contribution is 5.63. The van der Waals surface area contributed by atoms with Gasteiger partial charge in [-0.15, -0.1) is 0 Å². The molecule has 1 aromatic rings. The Morgan fingerprint density at radius 3 is 2.41 bits per heavy atom. The number of halogens is 2. The summed E-state index contributed by atoms with van der Waals surface area (Å²) >= 11 is 0. The SMILES string of the molecule is O=C([O-])N1CC2CN(Cc3ccc(C(F)F)cc3N3CCOCC3)CC2C1. The number of ether oxygens (including phenoxy) is 1. The summed E-state index contributed by atoms with van der Waals surface area (Å²) in [5.41, 5.74) is 1.95. The van der Waals surface area contributed by atoms with Gasteiger partial charge in [0.2, 0.25) is 0 Å². The molecular formula is C19H24F2N3O3-. The third kappa shape index (κ3) is 3.87. The predicted molar refractivity (Wildman–Crippen MR) is 93.7 cm³/mol. The van der Waals surface area contributed by atoms with E-state index in [4.69, 9.17) is 4.74 Å². The first-order chi connectivity index (χ1) is 13.0. The fourth-order valence-electron chi connectivity index (χ4n) is 4.56. The third-order valence-corrected chi connectivity index (χ3v) is 5.93. The molecule has 0 radical (unpaired) electrons. The summed E-state index contributed by atoms with van der Waals surface area (Å²) < 4.78 is 31.8. The van der Waals surface area contributed by atoms with E-state index in [1.54, 1.807) is 6.07 Å². The summed E-state index contributed by atoms with van der Waals surface area (Å²) in [5.74, 6) is 0.658. The summed E-state index contributed by atoms with van der Waals surface area (Å²) in [6.45, 7) is 6.01. The summed E-state index contributed by atoms with van der Waals surface area (Å²) in [7, 11) is 0. The van der Waals surface area contributed by atoms with Crippen LogP contribution in [0.15, 0.2) is 18.2 Å². The van der Waals surface area contributed by atoms with Gasteiger partial charge in [0.15, 0.2) is 0 Å². The summed E-state index contributed by atoms with van der Waals surface area (Å²) in [6, 6.07) is 4.94. The Kier molecular flexibility index (Phi) is 5.19. The Morgan fingerprint density at radius 1 is 1.15 bits per heavy atom. The first kappa shape index (κ1) is 18.4. The van der Waals surface area contributed by atoms with Crippen LogP contribution >= 0.6 is 0 Å². The molecule has 3 aliphatic heterocycles. The molecule has 0 saturated carbocycles. The third-order valence-electron chi connectivity index (χ3n) is 5.93. The number of carboxylic acid groups (broad SMARTS) is 1. The van der Waals surface area contributed by atoms with Crippen molar-refractivity contribution in [2.45, 2.75) is 13.0 Å². The Morgan fingerprint density at radius 2 is 1.81 bits per heavy atom. The standard InChI is InChI=1S/C19H25F2N3O3/c20-18(21)13-1-2-14(17(7-13)23-3-5-27-6-4-23)8-22-9-15-11-24(19(25)26)12-16(15)10-22/h1-2,7,15-16,18H,3-6,8-12H2,(H,25,26)/p-1. The molecule has 0 aliphatic carbocycles. The minimum Gasteiger partial charge on any atom is -0.530 e. The van der Waals surface area contributed by atoms with E-state index in [0.717, 1.165) is 24.3 Å². The van der Waals surface area contributed by atoms with Crippen LogP contribution in [-0.4, -0.2) is 68.4 Å². The van der Waals surface area contributed by atoms with Crippen molar-refractivity contribution in [1.82, 2.24) is 9.80 Å². The van der Waals surface area contributed by atoms with Crippen LogP contribution in [0, 0.1) is 11.8 Å². The molecule has 3 saturated heterocycles. The lowest BCUT2D eigenvalue weighted by molar-refractivity contribution is -0.264. The van der Waals surface area contributed by atoms with E-state index in [1.807, 2.05) is 6.07 Å². The number of hydrogen-bond acceptors (Lipinski definition) is 5. The molecule has 0 N–H and O–H groups in total. The van der Waals surface area contributed by atoms with Crippen molar-refractivity contribution in [3.63, 3.8) is 0 Å². The van der Waals surface area contributed by atoms with Crippen molar-refractivity contribution in [1.29, 1.82) is 0 Å². The van der Waals surface area contributed by atoms with E-state index in [2.05, 4.69) is 9.80 Å². The molecule has 1 aromatic carbocycles. The first-order valence-electron chi connectivity index (χ1n) is 9.43. The maximum Gasteiger partial charge on any atom is 0.263 e. The molecule has 1 amide bonds. The molecule has 6 nitrogen and oxygen atoms in total. The van der Waals surface area contributed by atoms with Crippen molar-refractivity contribution >= 4 is 11.8 Å². The second-order valence-electron chi connectivity index (χ2n) is 7.67. The number of alkyl halides is 2. The monoisotopic (exact) mass is 380 g/mol. The van der Waals surface area contributed by atoms with E-state index < -0.39 is 12.5 Å². The highest BCUT2D eigenvalue weighted by Gasteiger charge is 2.40. The van der Waals surface area contributed by atoms with Gasteiger partial charge in [-0.05, 0) is 23.5 Å². The number of carbonyl (C=O) groups is 1. The molecule has 0 aromatic heterocycles. The average molecular weight is 380 g/mol. The fourth-order valence-corrected chi connectivity index (χ4v) is 4.56. The van der Waals surface area contributed by atoms with Gasteiger partial charge >= 0.3 is 0 Å². The number of anilines is 1. The molecule has 0 spiro atoms. The summed E-state index contributed by atoms with van der Waals surface area (Å²) in [4.78, 5) is 16.9. The van der Waals surface area contributed by atoms with Crippen LogP contribution in [0.1, 0.15) is 17.6 Å². The lowest BCUT2D eigenvalue weighted by Crippen LogP contribution is -2.41. The minimum atomic E-state index is -2.49. The Hall–Kier alpha value is -1.93. The van der Waals surface area contributed by atoms with Gasteiger partial charge in [-0.3, -0.25) is 4.90 Å². The minimum absolute atomic E-state index is 0.0446. The van der Waals surface area contributed by atoms with Gasteiger partial charge in [0, 0.05) is 57.1 Å². The van der Waals surface area contributed by atoms with Gasteiger partial charge in [-0.2, -0.15) is 0 Å². The van der Waals surface area contributed by atoms with Crippen molar-refractivity contribution in [3.05, 3.63) is 29.3 Å². The van der Waals surface area contributed by atoms with Gasteiger partial charge < -0.3 is 24.4 Å². The molecular weight excluding hydrogens is 356 g/mol. The second kappa shape index (κ2) is 7.59. The summed E-state index contributed by atoms with van der Waals surface area (Å²) in [5, 5.41) is 11.0. The van der Waals surface area contributed by atoms with Crippen molar-refractivity contribution in [2.24, 2.45) is 11.8 Å². The van der Waals surface area contributed by atoms with E-state index >= 15 is 0 Å². The van der Waals surface area contributed by atoms with Crippen LogP contribution < -0.4 is 10.0 Å². The molecule has 0 bridgehead atoms. The number of amides is 1. The predicted octanol–water partition coefficient (Wildman–Crippen LogP) is 1.17. The number of likely N-dealkylation sites (tertiary alicyclic amines) is 2. The van der Waals surface area contributed by atoms with Crippen LogP contribution in [-0.2, 0) is 11.3 Å². The van der Waals surface area contributed by atoms with Crippen molar-refractivity contribution < 1.29 is 23.4 Å². The molecule has 2 atom stereocenters. The normalized spacial score (nSPS) is 26.0. The Balaban J connectivity index is 1.48. The molecule has 27 heavy (non-hydrogen) atoms. The lowest BCUT2D eigenvalue weighted by atomic mass is 10.0. The maximum absolute atomic E-state index is 13.2. The molecule has 8 heteroatoms. The zero-order chi connectivity index (χ0) is 19.0. The van der Waals surface area contributed by atoms with Gasteiger partial charge in [0.05, 0.1) is 13.2 Å². The Bertz CT molecular complexity index is 683. The highest BCUT2D eigenvalue weighted by Crippen LogP contribution is 2.34. The number of rotatable bonds is 4. The van der Waals surface area contributed by atoms with Crippen molar-refractivity contribution in [2.75, 3.05) is 57.4 Å². The highest BCUT2D eigenvalue weighted by atomic mass is 19.3. The molecule has 148 valence electrons. The average Bonchev–Trinajstić information content (AvgIpc) is 3.21. The molecule has 4 rings (SSSR count). The van der Waals surface area contributed by atoms with Crippen LogP contribution in [0.5, 0.6) is 0 Å².